The SMILES string of the molecule is FC1=C=C=CC(F)=C1F. The normalized spacial score (nSPS) is 16.6. The molecule has 0 saturated carbocycles. The summed E-state index contributed by atoms with van der Waals surface area (Å²) >= 11 is 0. The minimum absolute atomic E-state index is 0.679. The highest BCUT2D eigenvalue weighted by Crippen LogP contribution is 2.20. The summed E-state index contributed by atoms with van der Waals surface area (Å²) in [5.41, 5.74) is 3.69. The Bertz CT molecular complexity index is 260. The lowest BCUT2D eigenvalue weighted by atomic mass is 10.3. The van der Waals surface area contributed by atoms with Gasteiger partial charge >= 0.3 is 0 Å². The average molecular weight is 130 g/mol. The van der Waals surface area contributed by atoms with Gasteiger partial charge in [0.15, 0.2) is 5.83 Å². The fourth-order valence-corrected chi connectivity index (χ4v) is 0.386. The van der Waals surface area contributed by atoms with Gasteiger partial charge in [0.05, 0.1) is 0 Å². The van der Waals surface area contributed by atoms with Crippen molar-refractivity contribution in [3.8, 4) is 0 Å². The number of hydrogen-bond donors (Lipinski definition) is 0. The van der Waals surface area contributed by atoms with E-state index in [-0.39, 0.29) is 0 Å². The van der Waals surface area contributed by atoms with Gasteiger partial charge < -0.3 is 0 Å². The van der Waals surface area contributed by atoms with Crippen molar-refractivity contribution in [1.29, 1.82) is 0 Å². The first-order chi connectivity index (χ1) is 4.22. The van der Waals surface area contributed by atoms with Crippen LogP contribution in [0.4, 0.5) is 13.2 Å². The third kappa shape index (κ3) is 0.968. The Morgan fingerprint density at radius 2 is 1.89 bits per heavy atom. The van der Waals surface area contributed by atoms with Crippen molar-refractivity contribution < 1.29 is 13.2 Å². The van der Waals surface area contributed by atoms with E-state index in [0.29, 0.717) is 6.08 Å². The third-order valence-corrected chi connectivity index (χ3v) is 0.783. The first kappa shape index (κ1) is 5.96. The smallest absolute Gasteiger partial charge is 0.203 e. The maximum Gasteiger partial charge on any atom is 0.212 e. The van der Waals surface area contributed by atoms with Crippen LogP contribution in [0.5, 0.6) is 0 Å². The molecular formula is C6HF3. The largest absolute Gasteiger partial charge is 0.212 e. The zero-order valence-electron chi connectivity index (χ0n) is 4.21. The molecule has 9 heavy (non-hydrogen) atoms. The lowest BCUT2D eigenvalue weighted by Crippen LogP contribution is -1.79. The second kappa shape index (κ2) is 1.98. The molecule has 0 aromatic carbocycles. The molecule has 0 unspecified atom stereocenters. The maximum atomic E-state index is 11.9. The van der Waals surface area contributed by atoms with E-state index in [9.17, 15) is 13.2 Å². The van der Waals surface area contributed by atoms with Gasteiger partial charge in [-0.15, -0.1) is 0 Å². The van der Waals surface area contributed by atoms with Crippen LogP contribution < -0.4 is 0 Å². The van der Waals surface area contributed by atoms with Gasteiger partial charge in [-0.3, -0.25) is 0 Å². The summed E-state index contributed by atoms with van der Waals surface area (Å²) in [5, 5.41) is 0. The van der Waals surface area contributed by atoms with E-state index in [1.807, 2.05) is 5.73 Å². The van der Waals surface area contributed by atoms with Gasteiger partial charge in [0.2, 0.25) is 11.7 Å². The van der Waals surface area contributed by atoms with Gasteiger partial charge in [-0.1, -0.05) is 5.73 Å². The topological polar surface area (TPSA) is 0 Å². The second-order valence-corrected chi connectivity index (χ2v) is 1.39. The summed E-state index contributed by atoms with van der Waals surface area (Å²) in [6.07, 6.45) is 0.679. The molecule has 1 aliphatic carbocycles. The van der Waals surface area contributed by atoms with Crippen LogP contribution in [0.25, 0.3) is 0 Å². The highest BCUT2D eigenvalue weighted by atomic mass is 19.2. The minimum Gasteiger partial charge on any atom is -0.203 e. The molecule has 0 spiro atoms. The van der Waals surface area contributed by atoms with Gasteiger partial charge in [0.25, 0.3) is 0 Å². The van der Waals surface area contributed by atoms with Crippen LogP contribution >= 0.6 is 0 Å². The van der Waals surface area contributed by atoms with E-state index in [0.717, 1.165) is 0 Å². The van der Waals surface area contributed by atoms with Crippen LogP contribution in [-0.4, -0.2) is 0 Å². The summed E-state index contributed by atoms with van der Waals surface area (Å²) in [5.74, 6) is -4.09. The lowest BCUT2D eigenvalue weighted by molar-refractivity contribution is 0.503. The average Bonchev–Trinajstić information content (AvgIpc) is 1.83. The van der Waals surface area contributed by atoms with Crippen LogP contribution in [-0.2, 0) is 0 Å². The van der Waals surface area contributed by atoms with E-state index in [1.165, 1.54) is 0 Å². The predicted octanol–water partition coefficient (Wildman–Crippen LogP) is 2.31. The Balaban J connectivity index is 3.22. The van der Waals surface area contributed by atoms with Crippen LogP contribution in [0.15, 0.2) is 35.0 Å². The summed E-state index contributed by atoms with van der Waals surface area (Å²) in [6.45, 7) is 0. The summed E-state index contributed by atoms with van der Waals surface area (Å²) < 4.78 is 35.7. The van der Waals surface area contributed by atoms with Gasteiger partial charge in [0.1, 0.15) is 0 Å². The molecule has 3 heteroatoms. The molecule has 46 valence electrons. The fourth-order valence-electron chi connectivity index (χ4n) is 0.386. The maximum absolute atomic E-state index is 11.9. The molecule has 0 fully saturated rings. The summed E-state index contributed by atoms with van der Waals surface area (Å²) in [7, 11) is 0. The molecule has 0 radical (unpaired) electrons. The van der Waals surface area contributed by atoms with E-state index < -0.39 is 17.5 Å². The van der Waals surface area contributed by atoms with Crippen LogP contribution in [0.2, 0.25) is 0 Å². The van der Waals surface area contributed by atoms with E-state index in [1.54, 1.807) is 5.73 Å². The molecule has 0 aliphatic heterocycles. The first-order valence-electron chi connectivity index (χ1n) is 2.14. The van der Waals surface area contributed by atoms with E-state index in [2.05, 4.69) is 0 Å². The molecule has 1 rings (SSSR count). The Kier molecular flexibility index (Phi) is 1.31. The molecule has 1 aliphatic rings. The van der Waals surface area contributed by atoms with E-state index in [4.69, 9.17) is 0 Å². The number of hydrogen-bond acceptors (Lipinski definition) is 0. The van der Waals surface area contributed by atoms with Crippen molar-refractivity contribution in [3.63, 3.8) is 0 Å². The molecule has 0 heterocycles. The third-order valence-electron chi connectivity index (χ3n) is 0.783. The van der Waals surface area contributed by atoms with E-state index >= 15 is 0 Å². The molecule has 0 N–H and O–H groups in total. The van der Waals surface area contributed by atoms with Crippen molar-refractivity contribution >= 4 is 0 Å². The van der Waals surface area contributed by atoms with Gasteiger partial charge in [-0.25, -0.2) is 4.39 Å². The van der Waals surface area contributed by atoms with Crippen molar-refractivity contribution in [1.82, 2.24) is 0 Å². The number of rotatable bonds is 0. The first-order valence-corrected chi connectivity index (χ1v) is 2.14. The van der Waals surface area contributed by atoms with Crippen LogP contribution in [0.3, 0.4) is 0 Å². The second-order valence-electron chi connectivity index (χ2n) is 1.39. The van der Waals surface area contributed by atoms with Gasteiger partial charge in [-0.05, 0) is 5.73 Å². The van der Waals surface area contributed by atoms with Crippen LogP contribution in [0.1, 0.15) is 0 Å². The molecular weight excluding hydrogens is 129 g/mol. The standard InChI is InChI=1S/C6HF3/c7-4-2-1-3-5(8)6(4)9/h2H. The minimum atomic E-state index is -1.51. The van der Waals surface area contributed by atoms with Gasteiger partial charge in [-0.2, -0.15) is 8.78 Å². The van der Waals surface area contributed by atoms with Crippen molar-refractivity contribution in [2.24, 2.45) is 0 Å². The van der Waals surface area contributed by atoms with Crippen molar-refractivity contribution in [3.05, 3.63) is 35.0 Å². The Labute approximate surface area is 49.3 Å². The Morgan fingerprint density at radius 3 is 2.33 bits per heavy atom. The monoisotopic (exact) mass is 130 g/mol. The molecule has 0 atom stereocenters. The quantitative estimate of drug-likeness (QED) is 0.441. The number of halogens is 3. The molecule has 0 aromatic rings. The molecule has 0 amide bonds. The zero-order chi connectivity index (χ0) is 6.85. The van der Waals surface area contributed by atoms with Crippen molar-refractivity contribution in [2.45, 2.75) is 0 Å². The highest BCUT2D eigenvalue weighted by molar-refractivity contribution is 5.30. The Hall–Kier alpha value is -1.17. The molecule has 0 aromatic heterocycles. The molecule has 0 saturated heterocycles. The lowest BCUT2D eigenvalue weighted by Gasteiger charge is -1.90. The van der Waals surface area contributed by atoms with Gasteiger partial charge in [0, 0.05) is 6.08 Å². The predicted molar refractivity (Wildman–Crippen MR) is 25.5 cm³/mol. The van der Waals surface area contributed by atoms with Crippen LogP contribution in [0, 0.1) is 0 Å². The molecule has 0 bridgehead atoms. The Morgan fingerprint density at radius 1 is 1.22 bits per heavy atom. The zero-order valence-corrected chi connectivity index (χ0v) is 4.21. The number of allylic oxidation sites excluding steroid dienone is 4. The summed E-state index contributed by atoms with van der Waals surface area (Å²) in [4.78, 5) is 0. The van der Waals surface area contributed by atoms with Crippen molar-refractivity contribution in [2.75, 3.05) is 0 Å². The highest BCUT2D eigenvalue weighted by Gasteiger charge is 2.10. The molecule has 0 nitrogen and oxygen atoms in total. The summed E-state index contributed by atoms with van der Waals surface area (Å²) in [6, 6.07) is 0. The fraction of sp³-hybridized carbons (Fsp3) is 0.